The maximum Gasteiger partial charge on any atom is 0.308 e. The quantitative estimate of drug-likeness (QED) is 0.727. The Morgan fingerprint density at radius 2 is 1.97 bits per heavy atom. The van der Waals surface area contributed by atoms with Crippen molar-refractivity contribution in [3.63, 3.8) is 0 Å². The van der Waals surface area contributed by atoms with Gasteiger partial charge in [-0.3, -0.25) is 9.59 Å². The summed E-state index contributed by atoms with van der Waals surface area (Å²) in [4.78, 5) is 28.1. The first kappa shape index (κ1) is 21.0. The van der Waals surface area contributed by atoms with E-state index in [4.69, 9.17) is 19.9 Å². The van der Waals surface area contributed by atoms with E-state index >= 15 is 0 Å². The predicted octanol–water partition coefficient (Wildman–Crippen LogP) is 2.08. The smallest absolute Gasteiger partial charge is 0.308 e. The first-order valence-electron chi connectivity index (χ1n) is 9.76. The molecule has 2 aromatic heterocycles. The van der Waals surface area contributed by atoms with E-state index in [0.717, 1.165) is 5.69 Å². The first-order valence-corrected chi connectivity index (χ1v) is 9.76. The van der Waals surface area contributed by atoms with Crippen LogP contribution in [0.4, 0.5) is 5.82 Å². The maximum atomic E-state index is 12.2. The zero-order valence-electron chi connectivity index (χ0n) is 17.4. The van der Waals surface area contributed by atoms with Crippen LogP contribution < -0.4 is 5.73 Å². The molecule has 1 fully saturated rings. The van der Waals surface area contributed by atoms with Gasteiger partial charge in [-0.2, -0.15) is 5.10 Å². The highest BCUT2D eigenvalue weighted by molar-refractivity contribution is 5.72. The Hall–Kier alpha value is -2.68. The summed E-state index contributed by atoms with van der Waals surface area (Å²) in [5.41, 5.74) is 6.54. The van der Waals surface area contributed by atoms with Gasteiger partial charge in [-0.05, 0) is 19.1 Å². The molecular formula is C20H28N4O5. The van der Waals surface area contributed by atoms with Gasteiger partial charge in [0, 0.05) is 6.42 Å². The molecule has 2 N–H and O–H groups in total. The number of rotatable bonds is 6. The third-order valence-electron chi connectivity index (χ3n) is 5.04. The topological polar surface area (TPSA) is 118 Å². The van der Waals surface area contributed by atoms with Crippen molar-refractivity contribution in [2.45, 2.75) is 58.8 Å². The fourth-order valence-electron chi connectivity index (χ4n) is 3.37. The highest BCUT2D eigenvalue weighted by Gasteiger charge is 2.48. The molecule has 3 atom stereocenters. The van der Waals surface area contributed by atoms with E-state index in [1.54, 1.807) is 32.2 Å². The highest BCUT2D eigenvalue weighted by Crippen LogP contribution is 2.41. The minimum Gasteiger partial charge on any atom is -0.463 e. The van der Waals surface area contributed by atoms with Crippen molar-refractivity contribution < 1.29 is 23.8 Å². The summed E-state index contributed by atoms with van der Waals surface area (Å²) in [5.74, 6) is -0.825. The van der Waals surface area contributed by atoms with E-state index in [-0.39, 0.29) is 30.4 Å². The molecule has 0 amide bonds. The van der Waals surface area contributed by atoms with Crippen LogP contribution in [0.5, 0.6) is 0 Å². The van der Waals surface area contributed by atoms with Gasteiger partial charge in [-0.1, -0.05) is 27.7 Å². The third kappa shape index (κ3) is 4.19. The van der Waals surface area contributed by atoms with Crippen LogP contribution in [-0.2, 0) is 29.4 Å². The molecule has 9 nitrogen and oxygen atoms in total. The monoisotopic (exact) mass is 404 g/mol. The van der Waals surface area contributed by atoms with Gasteiger partial charge in [0.15, 0.2) is 5.82 Å². The molecule has 3 rings (SSSR count). The van der Waals surface area contributed by atoms with E-state index in [1.807, 2.05) is 19.1 Å². The molecular weight excluding hydrogens is 376 g/mol. The fraction of sp³-hybridized carbons (Fsp3) is 0.600. The molecule has 158 valence electrons. The number of hydrogen-bond acceptors (Lipinski definition) is 8. The van der Waals surface area contributed by atoms with E-state index in [2.05, 4.69) is 10.1 Å². The molecule has 0 bridgehead atoms. The molecule has 9 heteroatoms. The predicted molar refractivity (Wildman–Crippen MR) is 105 cm³/mol. The van der Waals surface area contributed by atoms with Gasteiger partial charge in [0.1, 0.15) is 36.3 Å². The van der Waals surface area contributed by atoms with Crippen molar-refractivity contribution in [1.82, 2.24) is 14.6 Å². The maximum absolute atomic E-state index is 12.2. The van der Waals surface area contributed by atoms with Crippen molar-refractivity contribution in [2.24, 2.45) is 11.8 Å². The fourth-order valence-corrected chi connectivity index (χ4v) is 3.37. The van der Waals surface area contributed by atoms with Crippen LogP contribution in [-0.4, -0.2) is 45.4 Å². The van der Waals surface area contributed by atoms with Gasteiger partial charge in [0.05, 0.1) is 17.5 Å². The average molecular weight is 404 g/mol. The van der Waals surface area contributed by atoms with Gasteiger partial charge in [0.25, 0.3) is 0 Å². The second-order valence-corrected chi connectivity index (χ2v) is 8.17. The zero-order chi connectivity index (χ0) is 21.3. The zero-order valence-corrected chi connectivity index (χ0v) is 17.4. The Morgan fingerprint density at radius 3 is 2.62 bits per heavy atom. The van der Waals surface area contributed by atoms with E-state index in [1.165, 1.54) is 6.33 Å². The minimum atomic E-state index is -0.815. The minimum absolute atomic E-state index is 0.00305. The van der Waals surface area contributed by atoms with Gasteiger partial charge < -0.3 is 19.9 Å². The summed E-state index contributed by atoms with van der Waals surface area (Å²) in [7, 11) is 0. The van der Waals surface area contributed by atoms with Crippen molar-refractivity contribution in [3.05, 3.63) is 24.2 Å². The molecule has 2 aromatic rings. The van der Waals surface area contributed by atoms with Crippen LogP contribution >= 0.6 is 0 Å². The molecule has 3 heterocycles. The Kier molecular flexibility index (Phi) is 5.79. The number of nitrogens with two attached hydrogens (primary N) is 1. The van der Waals surface area contributed by atoms with Crippen LogP contribution in [0.1, 0.15) is 46.7 Å². The van der Waals surface area contributed by atoms with Crippen LogP contribution in [0, 0.1) is 11.8 Å². The second kappa shape index (κ2) is 7.98. The number of carbonyl (C=O) groups is 2. The number of nitrogens with zero attached hydrogens (tertiary/aromatic N) is 3. The molecule has 0 spiro atoms. The summed E-state index contributed by atoms with van der Waals surface area (Å²) in [6.07, 6.45) is 0.628. The molecule has 0 saturated carbocycles. The molecule has 0 aromatic carbocycles. The number of aromatic nitrogens is 3. The number of hydrogen-bond donors (Lipinski definition) is 1. The molecule has 1 saturated heterocycles. The van der Waals surface area contributed by atoms with Crippen molar-refractivity contribution >= 4 is 23.3 Å². The lowest BCUT2D eigenvalue weighted by Gasteiger charge is -2.24. The third-order valence-corrected chi connectivity index (χ3v) is 5.04. The Balaban J connectivity index is 1.88. The molecule has 0 aliphatic carbocycles. The first-order chi connectivity index (χ1) is 13.6. The average Bonchev–Trinajstić information content (AvgIpc) is 3.22. The Bertz CT molecular complexity index is 909. The Labute approximate surface area is 169 Å². The van der Waals surface area contributed by atoms with E-state index in [9.17, 15) is 9.59 Å². The van der Waals surface area contributed by atoms with Crippen LogP contribution in [0.25, 0.3) is 5.52 Å². The standard InChI is InChI=1S/C20H28N4O5/c1-11(2)18(25)27-9-15-14(28-19(26)12(3)4)8-20(5,29-15)16-7-6-13-17(21)22-10-23-24(13)16/h6-7,10-12,14-15H,8-9H2,1-5H3,(H2,21,22,23)/t14-,15+,20+/m0/s1. The normalized spacial score (nSPS) is 24.4. The number of carbonyl (C=O) groups excluding carboxylic acids is 2. The number of esters is 2. The lowest BCUT2D eigenvalue weighted by atomic mass is 9.96. The molecule has 1 aliphatic rings. The van der Waals surface area contributed by atoms with E-state index < -0.39 is 17.8 Å². The number of ether oxygens (including phenoxy) is 3. The van der Waals surface area contributed by atoms with Gasteiger partial charge in [-0.15, -0.1) is 0 Å². The van der Waals surface area contributed by atoms with Crippen LogP contribution in [0.15, 0.2) is 18.5 Å². The van der Waals surface area contributed by atoms with Gasteiger partial charge in [-0.25, -0.2) is 9.50 Å². The van der Waals surface area contributed by atoms with Crippen molar-refractivity contribution in [2.75, 3.05) is 12.3 Å². The number of anilines is 1. The number of nitrogen functional groups attached to an aromatic ring is 1. The Morgan fingerprint density at radius 1 is 1.28 bits per heavy atom. The van der Waals surface area contributed by atoms with Crippen molar-refractivity contribution in [3.8, 4) is 0 Å². The molecule has 29 heavy (non-hydrogen) atoms. The summed E-state index contributed by atoms with van der Waals surface area (Å²) in [6.45, 7) is 8.96. The largest absolute Gasteiger partial charge is 0.463 e. The molecule has 1 aliphatic heterocycles. The van der Waals surface area contributed by atoms with E-state index in [0.29, 0.717) is 17.8 Å². The second-order valence-electron chi connectivity index (χ2n) is 8.17. The summed E-state index contributed by atoms with van der Waals surface area (Å²) >= 11 is 0. The van der Waals surface area contributed by atoms with Gasteiger partial charge in [0.2, 0.25) is 0 Å². The summed E-state index contributed by atoms with van der Waals surface area (Å²) < 4.78 is 19.0. The highest BCUT2D eigenvalue weighted by atomic mass is 16.6. The summed E-state index contributed by atoms with van der Waals surface area (Å²) in [6, 6.07) is 3.69. The lowest BCUT2D eigenvalue weighted by Crippen LogP contribution is -2.33. The number of fused-ring (bicyclic) bond motifs is 1. The molecule has 0 unspecified atom stereocenters. The SMILES string of the molecule is CC(C)C(=O)OC[C@H]1O[C@@](C)(c2ccc3c(N)ncnn23)C[C@@H]1OC(=O)C(C)C. The summed E-state index contributed by atoms with van der Waals surface area (Å²) in [5, 5.41) is 4.28. The van der Waals surface area contributed by atoms with Crippen molar-refractivity contribution in [1.29, 1.82) is 0 Å². The van der Waals surface area contributed by atoms with Crippen LogP contribution in [0.3, 0.4) is 0 Å². The molecule has 0 radical (unpaired) electrons. The lowest BCUT2D eigenvalue weighted by molar-refractivity contribution is -0.163. The van der Waals surface area contributed by atoms with Gasteiger partial charge >= 0.3 is 11.9 Å². The van der Waals surface area contributed by atoms with Crippen LogP contribution in [0.2, 0.25) is 0 Å².